The SMILES string of the molecule is COc1ccc(OC)c([C@@H](Nc2ccccn2)c2c(NC(=O)c3ccco3)sc(C)c2C)c1. The molecule has 0 aliphatic heterocycles. The first-order valence-corrected chi connectivity index (χ1v) is 11.2. The number of amides is 1. The molecule has 4 rings (SSSR count). The average Bonchev–Trinajstić information content (AvgIpc) is 3.47. The number of nitrogens with one attached hydrogen (secondary N) is 2. The number of anilines is 2. The highest BCUT2D eigenvalue weighted by Gasteiger charge is 2.28. The van der Waals surface area contributed by atoms with Crippen molar-refractivity contribution in [3.8, 4) is 11.5 Å². The van der Waals surface area contributed by atoms with E-state index in [4.69, 9.17) is 13.9 Å². The summed E-state index contributed by atoms with van der Waals surface area (Å²) in [5, 5.41) is 7.28. The van der Waals surface area contributed by atoms with E-state index in [1.54, 1.807) is 32.5 Å². The number of carbonyl (C=O) groups excluding carboxylic acids is 1. The van der Waals surface area contributed by atoms with Crippen LogP contribution in [0, 0.1) is 13.8 Å². The van der Waals surface area contributed by atoms with Crippen molar-refractivity contribution in [2.45, 2.75) is 19.9 Å². The van der Waals surface area contributed by atoms with Gasteiger partial charge in [0.05, 0.1) is 26.5 Å². The van der Waals surface area contributed by atoms with Crippen LogP contribution in [0.4, 0.5) is 10.8 Å². The van der Waals surface area contributed by atoms with Crippen LogP contribution in [-0.4, -0.2) is 25.1 Å². The summed E-state index contributed by atoms with van der Waals surface area (Å²) in [6.07, 6.45) is 3.21. The van der Waals surface area contributed by atoms with Crippen LogP contribution in [-0.2, 0) is 0 Å². The third-order valence-corrected chi connectivity index (χ3v) is 6.54. The first-order chi connectivity index (χ1) is 16.0. The second kappa shape index (κ2) is 9.79. The number of aryl methyl sites for hydroxylation is 1. The van der Waals surface area contributed by atoms with Gasteiger partial charge in [-0.3, -0.25) is 4.79 Å². The Kier molecular flexibility index (Phi) is 6.65. The van der Waals surface area contributed by atoms with E-state index in [-0.39, 0.29) is 17.7 Å². The van der Waals surface area contributed by atoms with Gasteiger partial charge in [-0.05, 0) is 61.9 Å². The van der Waals surface area contributed by atoms with Crippen LogP contribution in [0.25, 0.3) is 0 Å². The maximum atomic E-state index is 12.8. The first kappa shape index (κ1) is 22.4. The summed E-state index contributed by atoms with van der Waals surface area (Å²) < 4.78 is 16.5. The van der Waals surface area contributed by atoms with Crippen molar-refractivity contribution in [2.75, 3.05) is 24.9 Å². The van der Waals surface area contributed by atoms with Crippen LogP contribution >= 0.6 is 11.3 Å². The third kappa shape index (κ3) is 4.70. The Morgan fingerprint density at radius 2 is 1.94 bits per heavy atom. The van der Waals surface area contributed by atoms with Crippen LogP contribution in [0.3, 0.4) is 0 Å². The van der Waals surface area contributed by atoms with Gasteiger partial charge in [-0.25, -0.2) is 4.98 Å². The van der Waals surface area contributed by atoms with Gasteiger partial charge in [-0.2, -0.15) is 0 Å². The Morgan fingerprint density at radius 3 is 2.61 bits per heavy atom. The van der Waals surface area contributed by atoms with Crippen LogP contribution in [0.5, 0.6) is 11.5 Å². The predicted molar refractivity (Wildman–Crippen MR) is 130 cm³/mol. The predicted octanol–water partition coefficient (Wildman–Crippen LogP) is 5.82. The summed E-state index contributed by atoms with van der Waals surface area (Å²) in [6.45, 7) is 4.08. The summed E-state index contributed by atoms with van der Waals surface area (Å²) in [7, 11) is 3.26. The van der Waals surface area contributed by atoms with Gasteiger partial charge in [0.25, 0.3) is 5.91 Å². The quantitative estimate of drug-likeness (QED) is 0.342. The fraction of sp³-hybridized carbons (Fsp3) is 0.200. The molecule has 0 spiro atoms. The topological polar surface area (TPSA) is 85.6 Å². The molecule has 0 aliphatic carbocycles. The lowest BCUT2D eigenvalue weighted by atomic mass is 9.95. The fourth-order valence-electron chi connectivity index (χ4n) is 3.62. The zero-order valence-corrected chi connectivity index (χ0v) is 19.7. The molecule has 2 N–H and O–H groups in total. The number of benzene rings is 1. The number of furan rings is 1. The van der Waals surface area contributed by atoms with Gasteiger partial charge in [0.1, 0.15) is 22.3 Å². The molecule has 4 aromatic rings. The number of hydrogen-bond acceptors (Lipinski definition) is 7. The Bertz CT molecular complexity index is 1240. The molecule has 0 fully saturated rings. The van der Waals surface area contributed by atoms with E-state index < -0.39 is 0 Å². The van der Waals surface area contributed by atoms with Crippen molar-refractivity contribution in [3.63, 3.8) is 0 Å². The standard InChI is InChI=1S/C25H25N3O4S/c1-15-16(2)33-25(28-24(29)20-8-7-13-32-20)22(15)23(27-21-9-5-6-12-26-21)18-14-17(30-3)10-11-19(18)31-4/h5-14,23H,1-4H3,(H,26,27)(H,28,29)/t23-/m1/s1. The number of hydrogen-bond donors (Lipinski definition) is 2. The summed E-state index contributed by atoms with van der Waals surface area (Å²) in [6, 6.07) is 14.3. The van der Waals surface area contributed by atoms with E-state index in [9.17, 15) is 4.79 Å². The Balaban J connectivity index is 1.85. The monoisotopic (exact) mass is 463 g/mol. The maximum absolute atomic E-state index is 12.8. The molecule has 0 radical (unpaired) electrons. The van der Waals surface area contributed by atoms with Crippen LogP contribution < -0.4 is 20.1 Å². The number of aromatic nitrogens is 1. The molecule has 1 amide bonds. The minimum absolute atomic E-state index is 0.248. The van der Waals surface area contributed by atoms with E-state index in [1.165, 1.54) is 17.6 Å². The summed E-state index contributed by atoms with van der Waals surface area (Å²) >= 11 is 1.52. The number of ether oxygens (including phenoxy) is 2. The van der Waals surface area contributed by atoms with Gasteiger partial charge >= 0.3 is 0 Å². The molecule has 0 aliphatic rings. The summed E-state index contributed by atoms with van der Waals surface area (Å²) in [5.74, 6) is 2.02. The molecule has 3 aromatic heterocycles. The second-order valence-corrected chi connectivity index (χ2v) is 8.58. The lowest BCUT2D eigenvalue weighted by Gasteiger charge is -2.24. The Labute approximate surface area is 196 Å². The molecule has 1 aromatic carbocycles. The highest BCUT2D eigenvalue weighted by atomic mass is 32.1. The van der Waals surface area contributed by atoms with E-state index in [1.807, 2.05) is 50.2 Å². The molecule has 0 unspecified atom stereocenters. The van der Waals surface area contributed by atoms with Gasteiger partial charge in [-0.1, -0.05) is 6.07 Å². The molecule has 170 valence electrons. The number of methoxy groups -OCH3 is 2. The molecule has 0 saturated carbocycles. The van der Waals surface area contributed by atoms with Crippen LogP contribution in [0.15, 0.2) is 65.4 Å². The molecule has 8 heteroatoms. The molecule has 0 saturated heterocycles. The van der Waals surface area contributed by atoms with Gasteiger partial charge in [0, 0.05) is 22.2 Å². The summed E-state index contributed by atoms with van der Waals surface area (Å²) in [4.78, 5) is 18.4. The number of thiophene rings is 1. The minimum Gasteiger partial charge on any atom is -0.497 e. The van der Waals surface area contributed by atoms with Gasteiger partial charge in [0.2, 0.25) is 0 Å². The average molecular weight is 464 g/mol. The number of rotatable bonds is 8. The van der Waals surface area contributed by atoms with E-state index in [2.05, 4.69) is 15.6 Å². The highest BCUT2D eigenvalue weighted by molar-refractivity contribution is 7.16. The molecule has 1 atom stereocenters. The molecule has 0 bridgehead atoms. The van der Waals surface area contributed by atoms with Crippen molar-refractivity contribution in [1.82, 2.24) is 4.98 Å². The molecular formula is C25H25N3O4S. The van der Waals surface area contributed by atoms with Crippen molar-refractivity contribution < 1.29 is 18.7 Å². The zero-order chi connectivity index (χ0) is 23.4. The minimum atomic E-state index is -0.373. The highest BCUT2D eigenvalue weighted by Crippen LogP contribution is 2.44. The van der Waals surface area contributed by atoms with Crippen molar-refractivity contribution in [2.24, 2.45) is 0 Å². The smallest absolute Gasteiger partial charge is 0.291 e. The molecular weight excluding hydrogens is 438 g/mol. The largest absolute Gasteiger partial charge is 0.497 e. The first-order valence-electron chi connectivity index (χ1n) is 10.4. The van der Waals surface area contributed by atoms with E-state index in [0.29, 0.717) is 17.3 Å². The lowest BCUT2D eigenvalue weighted by Crippen LogP contribution is -2.18. The van der Waals surface area contributed by atoms with Gasteiger partial charge in [0.15, 0.2) is 5.76 Å². The third-order valence-electron chi connectivity index (χ3n) is 5.40. The molecule has 33 heavy (non-hydrogen) atoms. The van der Waals surface area contributed by atoms with E-state index in [0.717, 1.165) is 26.6 Å². The normalized spacial score (nSPS) is 11.6. The number of nitrogens with zero attached hydrogens (tertiary/aromatic N) is 1. The van der Waals surface area contributed by atoms with Crippen LogP contribution in [0.1, 0.15) is 38.2 Å². The van der Waals surface area contributed by atoms with Crippen LogP contribution in [0.2, 0.25) is 0 Å². The van der Waals surface area contributed by atoms with Crippen molar-refractivity contribution >= 4 is 28.1 Å². The van der Waals surface area contributed by atoms with Gasteiger partial charge in [-0.15, -0.1) is 11.3 Å². The Hall–Kier alpha value is -3.78. The lowest BCUT2D eigenvalue weighted by molar-refractivity contribution is 0.0997. The maximum Gasteiger partial charge on any atom is 0.291 e. The fourth-order valence-corrected chi connectivity index (χ4v) is 4.72. The second-order valence-electron chi connectivity index (χ2n) is 7.36. The van der Waals surface area contributed by atoms with E-state index >= 15 is 0 Å². The Morgan fingerprint density at radius 1 is 1.09 bits per heavy atom. The van der Waals surface area contributed by atoms with Crippen molar-refractivity contribution in [3.05, 3.63) is 88.3 Å². The molecule has 3 heterocycles. The number of carbonyl (C=O) groups is 1. The number of pyridine rings is 1. The van der Waals surface area contributed by atoms with Gasteiger partial charge < -0.3 is 24.5 Å². The van der Waals surface area contributed by atoms with Crippen molar-refractivity contribution in [1.29, 1.82) is 0 Å². The summed E-state index contributed by atoms with van der Waals surface area (Å²) in [5.41, 5.74) is 2.85. The molecule has 7 nitrogen and oxygen atoms in total. The zero-order valence-electron chi connectivity index (χ0n) is 18.8.